The molecular weight excluding hydrogens is 605 g/mol. The normalized spacial score (nSPS) is 12.0. The molecule has 2 aromatic heterocycles. The lowest BCUT2D eigenvalue weighted by molar-refractivity contribution is 1.38. The Bertz CT molecular complexity index is 2990. The molecule has 0 saturated heterocycles. The van der Waals surface area contributed by atoms with E-state index in [0.29, 0.717) is 0 Å². The van der Waals surface area contributed by atoms with E-state index in [-0.39, 0.29) is 0 Å². The first-order chi connectivity index (χ1) is 24.7. The average Bonchev–Trinajstić information content (AvgIpc) is 3.18. The molecule has 2 nitrogen and oxygen atoms in total. The van der Waals surface area contributed by atoms with E-state index in [1.54, 1.807) is 0 Å². The average molecular weight is 633 g/mol. The first kappa shape index (κ1) is 27.3. The van der Waals surface area contributed by atoms with Crippen molar-refractivity contribution in [2.75, 3.05) is 0 Å². The summed E-state index contributed by atoms with van der Waals surface area (Å²) in [6.07, 6.45) is 0. The van der Waals surface area contributed by atoms with Gasteiger partial charge in [0.15, 0.2) is 0 Å². The first-order valence-corrected chi connectivity index (χ1v) is 17.1. The van der Waals surface area contributed by atoms with Gasteiger partial charge in [0.2, 0.25) is 0 Å². The molecule has 0 unspecified atom stereocenters. The van der Waals surface area contributed by atoms with Gasteiger partial charge in [-0.15, -0.1) is 0 Å². The Morgan fingerprint density at radius 3 is 1.00 bits per heavy atom. The molecule has 2 heterocycles. The number of benzene rings is 9. The molecular formula is C48H28N2. The van der Waals surface area contributed by atoms with Crippen LogP contribution in [-0.2, 0) is 0 Å². The van der Waals surface area contributed by atoms with Crippen molar-refractivity contribution in [3.63, 3.8) is 0 Å². The van der Waals surface area contributed by atoms with Gasteiger partial charge in [-0.2, -0.15) is 0 Å². The van der Waals surface area contributed by atoms with Gasteiger partial charge in [-0.05, 0) is 113 Å². The number of aromatic nitrogens is 2. The molecule has 0 aliphatic heterocycles. The number of hydrogen-bond acceptors (Lipinski definition) is 2. The fourth-order valence-electron chi connectivity index (χ4n) is 8.07. The fraction of sp³-hybridized carbons (Fsp3) is 0. The highest BCUT2D eigenvalue weighted by Crippen LogP contribution is 2.40. The molecule has 11 rings (SSSR count). The summed E-state index contributed by atoms with van der Waals surface area (Å²) in [5.41, 5.74) is 5.99. The monoisotopic (exact) mass is 632 g/mol. The molecule has 0 N–H and O–H groups in total. The zero-order chi connectivity index (χ0) is 32.8. The Balaban J connectivity index is 1.18. The van der Waals surface area contributed by atoms with E-state index >= 15 is 0 Å². The number of rotatable bonds is 2. The van der Waals surface area contributed by atoms with Crippen molar-refractivity contribution < 1.29 is 0 Å². The van der Waals surface area contributed by atoms with Gasteiger partial charge in [0.05, 0.1) is 22.4 Å². The van der Waals surface area contributed by atoms with E-state index in [1.807, 2.05) is 0 Å². The molecule has 0 radical (unpaired) electrons. The molecule has 0 spiro atoms. The van der Waals surface area contributed by atoms with E-state index in [1.165, 1.54) is 64.6 Å². The summed E-state index contributed by atoms with van der Waals surface area (Å²) in [7, 11) is 0. The predicted molar refractivity (Wildman–Crippen MR) is 213 cm³/mol. The van der Waals surface area contributed by atoms with Crippen LogP contribution in [0.25, 0.3) is 109 Å². The topological polar surface area (TPSA) is 25.8 Å². The predicted octanol–water partition coefficient (Wildman–Crippen LogP) is 13.0. The maximum Gasteiger partial charge on any atom is 0.0972 e. The van der Waals surface area contributed by atoms with Crippen LogP contribution in [0.2, 0.25) is 0 Å². The minimum Gasteiger partial charge on any atom is -0.245 e. The minimum atomic E-state index is 0.916. The van der Waals surface area contributed by atoms with E-state index in [9.17, 15) is 0 Å². The number of nitrogens with zero attached hydrogens (tertiary/aromatic N) is 2. The van der Waals surface area contributed by atoms with Crippen LogP contribution in [0, 0.1) is 0 Å². The Kier molecular flexibility index (Phi) is 5.70. The van der Waals surface area contributed by atoms with Gasteiger partial charge in [0.1, 0.15) is 0 Å². The van der Waals surface area contributed by atoms with E-state index < -0.39 is 0 Å². The molecule has 50 heavy (non-hydrogen) atoms. The summed E-state index contributed by atoms with van der Waals surface area (Å²) in [4.78, 5) is 10.9. The zero-order valence-corrected chi connectivity index (χ0v) is 27.1. The van der Waals surface area contributed by atoms with Crippen LogP contribution in [0.5, 0.6) is 0 Å². The van der Waals surface area contributed by atoms with Crippen molar-refractivity contribution in [3.8, 4) is 22.5 Å². The third-order valence-electron chi connectivity index (χ3n) is 10.5. The smallest absolute Gasteiger partial charge is 0.0972 e. The van der Waals surface area contributed by atoms with E-state index in [4.69, 9.17) is 9.97 Å². The molecule has 0 bridgehead atoms. The third kappa shape index (κ3) is 4.09. The lowest BCUT2D eigenvalue weighted by Crippen LogP contribution is -1.93. The van der Waals surface area contributed by atoms with E-state index in [0.717, 1.165) is 44.3 Å². The van der Waals surface area contributed by atoms with Crippen LogP contribution < -0.4 is 0 Å². The van der Waals surface area contributed by atoms with E-state index in [2.05, 4.69) is 170 Å². The maximum absolute atomic E-state index is 5.44. The molecule has 0 saturated carbocycles. The van der Waals surface area contributed by atoms with Crippen molar-refractivity contribution in [1.29, 1.82) is 0 Å². The number of pyridine rings is 2. The number of hydrogen-bond donors (Lipinski definition) is 0. The second-order valence-corrected chi connectivity index (χ2v) is 13.4. The Morgan fingerprint density at radius 1 is 0.240 bits per heavy atom. The summed E-state index contributed by atoms with van der Waals surface area (Å²) in [6.45, 7) is 0. The SMILES string of the molecule is c1ccc2cc3c(cc2c1)c(-c1ccc2ccc4ccc(-c5cc6ccccc6c6cc7ccccc7cc56)nc4c2n1)cc1ccccc13. The molecule has 0 aliphatic rings. The Hall–Kier alpha value is -6.64. The van der Waals surface area contributed by atoms with Crippen molar-refractivity contribution in [2.24, 2.45) is 0 Å². The Labute approximate surface area is 287 Å². The maximum atomic E-state index is 5.44. The molecule has 230 valence electrons. The third-order valence-corrected chi connectivity index (χ3v) is 10.5. The highest BCUT2D eigenvalue weighted by Gasteiger charge is 2.15. The van der Waals surface area contributed by atoms with Crippen molar-refractivity contribution in [1.82, 2.24) is 9.97 Å². The molecule has 0 amide bonds. The molecule has 0 atom stereocenters. The molecule has 0 aliphatic carbocycles. The summed E-state index contributed by atoms with van der Waals surface area (Å²) in [5.74, 6) is 0. The summed E-state index contributed by atoms with van der Waals surface area (Å²) in [5, 5.41) is 16.9. The molecule has 2 heteroatoms. The van der Waals surface area contributed by atoms with Gasteiger partial charge < -0.3 is 0 Å². The summed E-state index contributed by atoms with van der Waals surface area (Å²) >= 11 is 0. The molecule has 11 aromatic rings. The largest absolute Gasteiger partial charge is 0.245 e. The summed E-state index contributed by atoms with van der Waals surface area (Å²) in [6, 6.07) is 61.5. The van der Waals surface area contributed by atoms with Gasteiger partial charge >= 0.3 is 0 Å². The van der Waals surface area contributed by atoms with Crippen molar-refractivity contribution in [3.05, 3.63) is 170 Å². The van der Waals surface area contributed by atoms with Crippen LogP contribution in [0.15, 0.2) is 170 Å². The van der Waals surface area contributed by atoms with Gasteiger partial charge in [-0.1, -0.05) is 121 Å². The second kappa shape index (κ2) is 10.4. The minimum absolute atomic E-state index is 0.916. The second-order valence-electron chi connectivity index (χ2n) is 13.4. The zero-order valence-electron chi connectivity index (χ0n) is 27.1. The standard InChI is InChI=1S/C48H28N2/c1-3-11-33-25-41-39(23-31(33)9-1)37-15-7-5-13-35(37)27-43(41)45-21-19-29-17-18-30-20-22-46(50-48(30)47(29)49-45)44-28-36-14-6-8-16-38(36)40-24-32-10-2-4-12-34(32)26-42(40)44/h1-28H. The van der Waals surface area contributed by atoms with Gasteiger partial charge in [0, 0.05) is 21.9 Å². The van der Waals surface area contributed by atoms with Crippen LogP contribution >= 0.6 is 0 Å². The molecule has 9 aromatic carbocycles. The lowest BCUT2D eigenvalue weighted by atomic mass is 9.92. The van der Waals surface area contributed by atoms with Gasteiger partial charge in [-0.3, -0.25) is 0 Å². The highest BCUT2D eigenvalue weighted by molar-refractivity contribution is 6.19. The van der Waals surface area contributed by atoms with Crippen LogP contribution in [-0.4, -0.2) is 9.97 Å². The lowest BCUT2D eigenvalue weighted by Gasteiger charge is -2.14. The highest BCUT2D eigenvalue weighted by atomic mass is 14.8. The molecule has 0 fully saturated rings. The van der Waals surface area contributed by atoms with Gasteiger partial charge in [0.25, 0.3) is 0 Å². The van der Waals surface area contributed by atoms with Gasteiger partial charge in [-0.25, -0.2) is 9.97 Å². The fourth-order valence-corrected chi connectivity index (χ4v) is 8.07. The number of fused-ring (bicyclic) bond motifs is 11. The van der Waals surface area contributed by atoms with Crippen LogP contribution in [0.3, 0.4) is 0 Å². The first-order valence-electron chi connectivity index (χ1n) is 17.1. The quantitative estimate of drug-likeness (QED) is 0.140. The van der Waals surface area contributed by atoms with Crippen LogP contribution in [0.1, 0.15) is 0 Å². The van der Waals surface area contributed by atoms with Crippen molar-refractivity contribution in [2.45, 2.75) is 0 Å². The van der Waals surface area contributed by atoms with Crippen molar-refractivity contribution >= 4 is 86.4 Å². The van der Waals surface area contributed by atoms with Crippen LogP contribution in [0.4, 0.5) is 0 Å². The summed E-state index contributed by atoms with van der Waals surface area (Å²) < 4.78 is 0. The Morgan fingerprint density at radius 2 is 0.580 bits per heavy atom.